The van der Waals surface area contributed by atoms with Crippen LogP contribution in [0.4, 0.5) is 10.5 Å². The van der Waals surface area contributed by atoms with Crippen LogP contribution in [0.5, 0.6) is 17.2 Å². The van der Waals surface area contributed by atoms with Crippen LogP contribution in [0.15, 0.2) is 42.1 Å². The van der Waals surface area contributed by atoms with Crippen LogP contribution in [0, 0.1) is 6.92 Å². The molecule has 0 spiro atoms. The topological polar surface area (TPSA) is 106 Å². The molecule has 1 aliphatic rings. The van der Waals surface area contributed by atoms with E-state index in [9.17, 15) is 14.4 Å². The van der Waals surface area contributed by atoms with Gasteiger partial charge in [0.05, 0.1) is 21.3 Å². The molecule has 1 fully saturated rings. The zero-order chi connectivity index (χ0) is 22.5. The fourth-order valence-electron chi connectivity index (χ4n) is 3.04. The van der Waals surface area contributed by atoms with Gasteiger partial charge in [-0.25, -0.2) is 9.69 Å². The molecule has 0 aliphatic carbocycles. The number of anilines is 1. The van der Waals surface area contributed by atoms with Gasteiger partial charge in [0.25, 0.3) is 5.91 Å². The van der Waals surface area contributed by atoms with Crippen molar-refractivity contribution in [1.29, 1.82) is 0 Å². The molecule has 0 atom stereocenters. The second kappa shape index (κ2) is 9.21. The summed E-state index contributed by atoms with van der Waals surface area (Å²) in [7, 11) is 4.58. The molecule has 4 amide bonds. The number of carbonyl (C=O) groups is 3. The van der Waals surface area contributed by atoms with Gasteiger partial charge in [0.2, 0.25) is 5.91 Å². The number of nitrogens with one attached hydrogen (secondary N) is 2. The molecule has 2 aromatic rings. The van der Waals surface area contributed by atoms with Crippen LogP contribution in [0.1, 0.15) is 11.1 Å². The summed E-state index contributed by atoms with van der Waals surface area (Å²) in [6, 6.07) is 9.51. The van der Waals surface area contributed by atoms with Crippen molar-refractivity contribution in [2.24, 2.45) is 0 Å². The first-order valence-electron chi connectivity index (χ1n) is 9.37. The minimum atomic E-state index is -0.667. The highest BCUT2D eigenvalue weighted by Gasteiger charge is 2.35. The molecule has 2 aromatic carbocycles. The molecular weight excluding hydrogens is 402 g/mol. The standard InChI is InChI=1S/C22H23N3O6/c1-13-9-18(30-3)19(31-4)11-14(13)10-17-21(27)25(22(28)24-17)12-20(26)23-15-5-7-16(29-2)8-6-15/h5-11H,12H2,1-4H3,(H,23,26)(H,24,28)/b17-10-. The fraction of sp³-hybridized carbons (Fsp3) is 0.227. The third kappa shape index (κ3) is 4.77. The quantitative estimate of drug-likeness (QED) is 0.522. The van der Waals surface area contributed by atoms with Gasteiger partial charge in [-0.05, 0) is 60.5 Å². The van der Waals surface area contributed by atoms with E-state index >= 15 is 0 Å². The van der Waals surface area contributed by atoms with Gasteiger partial charge in [-0.1, -0.05) is 0 Å². The summed E-state index contributed by atoms with van der Waals surface area (Å²) >= 11 is 0. The Morgan fingerprint density at radius 1 is 1.03 bits per heavy atom. The molecule has 0 aromatic heterocycles. The minimum absolute atomic E-state index is 0.0672. The normalized spacial score (nSPS) is 14.5. The van der Waals surface area contributed by atoms with Gasteiger partial charge in [0, 0.05) is 5.69 Å². The zero-order valence-corrected chi connectivity index (χ0v) is 17.6. The lowest BCUT2D eigenvalue weighted by Crippen LogP contribution is -2.38. The maximum Gasteiger partial charge on any atom is 0.329 e. The number of urea groups is 1. The molecule has 1 saturated heterocycles. The molecule has 1 aliphatic heterocycles. The van der Waals surface area contributed by atoms with Crippen LogP contribution in [-0.2, 0) is 9.59 Å². The lowest BCUT2D eigenvalue weighted by Gasteiger charge is -2.12. The number of hydrogen-bond donors (Lipinski definition) is 2. The third-order valence-corrected chi connectivity index (χ3v) is 4.71. The molecule has 0 bridgehead atoms. The summed E-state index contributed by atoms with van der Waals surface area (Å²) in [5.74, 6) is 0.599. The second-order valence-corrected chi connectivity index (χ2v) is 6.72. The highest BCUT2D eigenvalue weighted by molar-refractivity contribution is 6.16. The van der Waals surface area contributed by atoms with Gasteiger partial charge < -0.3 is 24.8 Å². The van der Waals surface area contributed by atoms with Crippen LogP contribution in [0.25, 0.3) is 6.08 Å². The smallest absolute Gasteiger partial charge is 0.329 e. The highest BCUT2D eigenvalue weighted by atomic mass is 16.5. The summed E-state index contributed by atoms with van der Waals surface area (Å²) in [6.07, 6.45) is 1.54. The van der Waals surface area contributed by atoms with Gasteiger partial charge >= 0.3 is 6.03 Å². The van der Waals surface area contributed by atoms with Gasteiger partial charge in [-0.15, -0.1) is 0 Å². The van der Waals surface area contributed by atoms with Gasteiger partial charge in [-0.2, -0.15) is 0 Å². The summed E-state index contributed by atoms with van der Waals surface area (Å²) < 4.78 is 15.6. The molecule has 162 valence electrons. The van der Waals surface area contributed by atoms with Crippen LogP contribution < -0.4 is 24.8 Å². The van der Waals surface area contributed by atoms with Crippen molar-refractivity contribution in [3.8, 4) is 17.2 Å². The Morgan fingerprint density at radius 2 is 1.68 bits per heavy atom. The lowest BCUT2D eigenvalue weighted by atomic mass is 10.1. The molecule has 0 unspecified atom stereocenters. The number of ether oxygens (including phenoxy) is 3. The Labute approximate surface area is 179 Å². The van der Waals surface area contributed by atoms with Gasteiger partial charge in [0.1, 0.15) is 18.0 Å². The number of amides is 4. The molecule has 31 heavy (non-hydrogen) atoms. The Kier molecular flexibility index (Phi) is 6.44. The zero-order valence-electron chi connectivity index (χ0n) is 17.6. The molecular formula is C22H23N3O6. The van der Waals surface area contributed by atoms with Crippen molar-refractivity contribution in [3.05, 3.63) is 53.2 Å². The summed E-state index contributed by atoms with van der Waals surface area (Å²) in [5, 5.41) is 5.15. The molecule has 0 saturated carbocycles. The number of methoxy groups -OCH3 is 3. The Balaban J connectivity index is 1.73. The fourth-order valence-corrected chi connectivity index (χ4v) is 3.04. The van der Waals surface area contributed by atoms with Gasteiger partial charge in [0.15, 0.2) is 11.5 Å². The molecule has 2 N–H and O–H groups in total. The number of carbonyl (C=O) groups excluding carboxylic acids is 3. The van der Waals surface area contributed by atoms with E-state index in [1.165, 1.54) is 14.2 Å². The molecule has 9 heteroatoms. The molecule has 9 nitrogen and oxygen atoms in total. The van der Waals surface area contributed by atoms with Crippen LogP contribution in [0.3, 0.4) is 0 Å². The summed E-state index contributed by atoms with van der Waals surface area (Å²) in [4.78, 5) is 38.1. The number of imide groups is 1. The average molecular weight is 425 g/mol. The molecule has 0 radical (unpaired) electrons. The van der Waals surface area contributed by atoms with E-state index in [2.05, 4.69) is 10.6 Å². The van der Waals surface area contributed by atoms with E-state index in [-0.39, 0.29) is 5.70 Å². The van der Waals surface area contributed by atoms with Gasteiger partial charge in [-0.3, -0.25) is 9.59 Å². The molecule has 1 heterocycles. The predicted octanol–water partition coefficient (Wildman–Crippen LogP) is 2.55. The number of benzene rings is 2. The highest BCUT2D eigenvalue weighted by Crippen LogP contribution is 2.31. The van der Waals surface area contributed by atoms with Crippen molar-refractivity contribution in [1.82, 2.24) is 10.2 Å². The first-order valence-corrected chi connectivity index (χ1v) is 9.37. The van der Waals surface area contributed by atoms with Crippen molar-refractivity contribution < 1.29 is 28.6 Å². The SMILES string of the molecule is COc1ccc(NC(=O)CN2C(=O)N/C(=C\c3cc(OC)c(OC)cc3C)C2=O)cc1. The van der Waals surface area contributed by atoms with E-state index in [0.717, 1.165) is 10.5 Å². The van der Waals surface area contributed by atoms with E-state index in [1.54, 1.807) is 49.6 Å². The first-order chi connectivity index (χ1) is 14.9. The van der Waals surface area contributed by atoms with Crippen molar-refractivity contribution in [2.75, 3.05) is 33.2 Å². The van der Waals surface area contributed by atoms with E-state index < -0.39 is 24.4 Å². The van der Waals surface area contributed by atoms with E-state index in [0.29, 0.717) is 28.5 Å². The largest absolute Gasteiger partial charge is 0.497 e. The Bertz CT molecular complexity index is 1050. The summed E-state index contributed by atoms with van der Waals surface area (Å²) in [6.45, 7) is 1.43. The van der Waals surface area contributed by atoms with Crippen molar-refractivity contribution >= 4 is 29.6 Å². The number of aryl methyl sites for hydroxylation is 1. The van der Waals surface area contributed by atoms with Crippen molar-refractivity contribution in [3.63, 3.8) is 0 Å². The maximum absolute atomic E-state index is 12.7. The van der Waals surface area contributed by atoms with E-state index in [4.69, 9.17) is 14.2 Å². The predicted molar refractivity (Wildman–Crippen MR) is 114 cm³/mol. The monoisotopic (exact) mass is 425 g/mol. The van der Waals surface area contributed by atoms with Crippen molar-refractivity contribution in [2.45, 2.75) is 6.92 Å². The average Bonchev–Trinajstić information content (AvgIpc) is 3.02. The Hall–Kier alpha value is -4.01. The third-order valence-electron chi connectivity index (χ3n) is 4.71. The van der Waals surface area contributed by atoms with Crippen LogP contribution >= 0.6 is 0 Å². The van der Waals surface area contributed by atoms with E-state index in [1.807, 2.05) is 6.92 Å². The number of rotatable bonds is 7. The van der Waals surface area contributed by atoms with Crippen LogP contribution in [0.2, 0.25) is 0 Å². The molecule has 3 rings (SSSR count). The lowest BCUT2D eigenvalue weighted by molar-refractivity contribution is -0.127. The number of hydrogen-bond acceptors (Lipinski definition) is 6. The maximum atomic E-state index is 12.7. The first kappa shape index (κ1) is 21.7. The Morgan fingerprint density at radius 3 is 2.29 bits per heavy atom. The second-order valence-electron chi connectivity index (χ2n) is 6.72. The summed E-state index contributed by atoms with van der Waals surface area (Å²) in [5.41, 5.74) is 2.08. The van der Waals surface area contributed by atoms with Crippen LogP contribution in [-0.4, -0.2) is 50.6 Å². The number of nitrogens with zero attached hydrogens (tertiary/aromatic N) is 1. The minimum Gasteiger partial charge on any atom is -0.497 e.